The van der Waals surface area contributed by atoms with Crippen molar-refractivity contribution in [2.45, 2.75) is 32.9 Å². The zero-order chi connectivity index (χ0) is 20.0. The van der Waals surface area contributed by atoms with Gasteiger partial charge >= 0.3 is 0 Å². The van der Waals surface area contributed by atoms with Crippen LogP contribution in [0.3, 0.4) is 0 Å². The zero-order valence-corrected chi connectivity index (χ0v) is 19.3. The number of hydrogen-bond acceptors (Lipinski definition) is 4. The Balaban J connectivity index is 0.00000300. The first kappa shape index (κ1) is 23.0. The van der Waals surface area contributed by atoms with Crippen molar-refractivity contribution in [3.8, 4) is 5.69 Å². The standard InChI is InChI=1S/C21H27N5O2.HI/c1-4-23-20(25-14-21(3,27)19-10-9-16(2)28-19)24-13-17-7-5-6-8-18(17)26-12-11-22-15-26;/h5-12,15,27H,4,13-14H2,1-3H3,(H2,23,24,25);1H. The molecule has 29 heavy (non-hydrogen) atoms. The van der Waals surface area contributed by atoms with Gasteiger partial charge in [-0.25, -0.2) is 9.98 Å². The van der Waals surface area contributed by atoms with E-state index in [0.717, 1.165) is 23.6 Å². The molecule has 7 nitrogen and oxygen atoms in total. The molecule has 8 heteroatoms. The average molecular weight is 509 g/mol. The number of hydrogen-bond donors (Lipinski definition) is 3. The molecule has 3 N–H and O–H groups in total. The predicted molar refractivity (Wildman–Crippen MR) is 125 cm³/mol. The molecule has 1 atom stereocenters. The molecule has 0 spiro atoms. The summed E-state index contributed by atoms with van der Waals surface area (Å²) in [4.78, 5) is 8.79. The van der Waals surface area contributed by atoms with E-state index in [9.17, 15) is 5.11 Å². The van der Waals surface area contributed by atoms with E-state index in [-0.39, 0.29) is 30.5 Å². The SMILES string of the molecule is CCNC(=NCc1ccccc1-n1ccnc1)NCC(C)(O)c1ccc(C)o1.I. The fourth-order valence-electron chi connectivity index (χ4n) is 2.87. The molecule has 0 bridgehead atoms. The van der Waals surface area contributed by atoms with Crippen LogP contribution >= 0.6 is 24.0 Å². The summed E-state index contributed by atoms with van der Waals surface area (Å²) in [5, 5.41) is 17.1. The van der Waals surface area contributed by atoms with Crippen LogP contribution in [0, 0.1) is 6.92 Å². The molecule has 0 saturated carbocycles. The summed E-state index contributed by atoms with van der Waals surface area (Å²) in [7, 11) is 0. The summed E-state index contributed by atoms with van der Waals surface area (Å²) >= 11 is 0. The van der Waals surface area contributed by atoms with Crippen molar-refractivity contribution in [3.63, 3.8) is 0 Å². The first-order chi connectivity index (χ1) is 13.5. The van der Waals surface area contributed by atoms with E-state index in [0.29, 0.717) is 18.3 Å². The summed E-state index contributed by atoms with van der Waals surface area (Å²) in [6, 6.07) is 11.7. The molecular weight excluding hydrogens is 481 g/mol. The number of nitrogens with one attached hydrogen (secondary N) is 2. The number of aliphatic hydroxyl groups is 1. The first-order valence-electron chi connectivity index (χ1n) is 9.37. The van der Waals surface area contributed by atoms with Crippen molar-refractivity contribution in [3.05, 3.63) is 72.2 Å². The Kier molecular flexibility index (Phi) is 8.27. The molecule has 2 aromatic heterocycles. The molecule has 2 heterocycles. The predicted octanol–water partition coefficient (Wildman–Crippen LogP) is 3.35. The molecule has 1 aromatic carbocycles. The molecule has 156 valence electrons. The smallest absolute Gasteiger partial charge is 0.191 e. The van der Waals surface area contributed by atoms with Gasteiger partial charge in [0.1, 0.15) is 17.1 Å². The van der Waals surface area contributed by atoms with Gasteiger partial charge in [-0.05, 0) is 44.5 Å². The number of guanidine groups is 1. The largest absolute Gasteiger partial charge is 0.463 e. The number of aromatic nitrogens is 2. The monoisotopic (exact) mass is 509 g/mol. The third-order valence-corrected chi connectivity index (χ3v) is 4.40. The van der Waals surface area contributed by atoms with Crippen LogP contribution in [0.5, 0.6) is 0 Å². The van der Waals surface area contributed by atoms with E-state index in [1.165, 1.54) is 0 Å². The number of benzene rings is 1. The van der Waals surface area contributed by atoms with Crippen LogP contribution in [-0.2, 0) is 12.1 Å². The van der Waals surface area contributed by atoms with Gasteiger partial charge < -0.3 is 24.7 Å². The van der Waals surface area contributed by atoms with Crippen LogP contribution < -0.4 is 10.6 Å². The number of aliphatic imine (C=N–C) groups is 1. The van der Waals surface area contributed by atoms with Crippen LogP contribution in [-0.4, -0.2) is 33.7 Å². The average Bonchev–Trinajstić information content (AvgIpc) is 3.36. The van der Waals surface area contributed by atoms with Gasteiger partial charge in [-0.3, -0.25) is 0 Å². The Hall–Kier alpha value is -2.33. The highest BCUT2D eigenvalue weighted by atomic mass is 127. The fraction of sp³-hybridized carbons (Fsp3) is 0.333. The number of aryl methyl sites for hydroxylation is 1. The van der Waals surface area contributed by atoms with Gasteiger partial charge in [-0.15, -0.1) is 24.0 Å². The lowest BCUT2D eigenvalue weighted by Crippen LogP contribution is -2.44. The highest BCUT2D eigenvalue weighted by molar-refractivity contribution is 14.0. The number of imidazole rings is 1. The van der Waals surface area contributed by atoms with Crippen molar-refractivity contribution in [2.75, 3.05) is 13.1 Å². The van der Waals surface area contributed by atoms with Gasteiger partial charge in [0.2, 0.25) is 0 Å². The van der Waals surface area contributed by atoms with Crippen molar-refractivity contribution in [1.29, 1.82) is 0 Å². The molecule has 0 fully saturated rings. The van der Waals surface area contributed by atoms with Gasteiger partial charge in [0.15, 0.2) is 5.96 Å². The van der Waals surface area contributed by atoms with Crippen LogP contribution in [0.4, 0.5) is 0 Å². The molecule has 1 unspecified atom stereocenters. The summed E-state index contributed by atoms with van der Waals surface area (Å²) in [6.45, 7) is 7.06. The molecule has 0 radical (unpaired) electrons. The Labute approximate surface area is 188 Å². The second kappa shape index (κ2) is 10.4. The second-order valence-corrected chi connectivity index (χ2v) is 6.83. The molecule has 0 amide bonds. The maximum atomic E-state index is 10.7. The number of halogens is 1. The molecule has 3 rings (SSSR count). The van der Waals surface area contributed by atoms with Crippen LogP contribution in [0.1, 0.15) is 30.9 Å². The third kappa shape index (κ3) is 6.07. The molecule has 0 saturated heterocycles. The van der Waals surface area contributed by atoms with Crippen molar-refractivity contribution < 1.29 is 9.52 Å². The van der Waals surface area contributed by atoms with Crippen LogP contribution in [0.15, 0.2) is 64.5 Å². The topological polar surface area (TPSA) is 87.6 Å². The highest BCUT2D eigenvalue weighted by Crippen LogP contribution is 2.22. The van der Waals surface area contributed by atoms with Crippen LogP contribution in [0.2, 0.25) is 0 Å². The number of para-hydroxylation sites is 1. The van der Waals surface area contributed by atoms with Gasteiger partial charge in [0.05, 0.1) is 25.1 Å². The van der Waals surface area contributed by atoms with Gasteiger partial charge in [-0.1, -0.05) is 18.2 Å². The number of furan rings is 1. The summed E-state index contributed by atoms with van der Waals surface area (Å²) in [5.41, 5.74) is 0.975. The molecule has 0 aliphatic carbocycles. The Morgan fingerprint density at radius 2 is 2.03 bits per heavy atom. The third-order valence-electron chi connectivity index (χ3n) is 4.40. The maximum Gasteiger partial charge on any atom is 0.191 e. The normalized spacial score (nSPS) is 13.4. The van der Waals surface area contributed by atoms with E-state index in [1.807, 2.05) is 54.9 Å². The van der Waals surface area contributed by atoms with Crippen molar-refractivity contribution in [1.82, 2.24) is 20.2 Å². The molecule has 3 aromatic rings. The minimum atomic E-state index is -1.14. The summed E-state index contributed by atoms with van der Waals surface area (Å²) in [6.07, 6.45) is 5.44. The highest BCUT2D eigenvalue weighted by Gasteiger charge is 2.27. The van der Waals surface area contributed by atoms with E-state index in [4.69, 9.17) is 4.42 Å². The van der Waals surface area contributed by atoms with Crippen LogP contribution in [0.25, 0.3) is 5.69 Å². The summed E-state index contributed by atoms with van der Waals surface area (Å²) < 4.78 is 7.54. The minimum absolute atomic E-state index is 0. The molecular formula is C21H28IN5O2. The zero-order valence-electron chi connectivity index (χ0n) is 16.9. The number of nitrogens with zero attached hydrogens (tertiary/aromatic N) is 3. The Bertz CT molecular complexity index is 919. The van der Waals surface area contributed by atoms with Gasteiger partial charge in [0, 0.05) is 18.9 Å². The van der Waals surface area contributed by atoms with E-state index >= 15 is 0 Å². The van der Waals surface area contributed by atoms with Crippen molar-refractivity contribution in [2.24, 2.45) is 4.99 Å². The van der Waals surface area contributed by atoms with Gasteiger partial charge in [0.25, 0.3) is 0 Å². The quantitative estimate of drug-likeness (QED) is 0.258. The Morgan fingerprint density at radius 3 is 2.69 bits per heavy atom. The minimum Gasteiger partial charge on any atom is -0.463 e. The lowest BCUT2D eigenvalue weighted by Gasteiger charge is -2.23. The molecule has 0 aliphatic heterocycles. The van der Waals surface area contributed by atoms with Crippen molar-refractivity contribution >= 4 is 29.9 Å². The van der Waals surface area contributed by atoms with E-state index in [1.54, 1.807) is 25.5 Å². The second-order valence-electron chi connectivity index (χ2n) is 6.83. The fourth-order valence-corrected chi connectivity index (χ4v) is 2.87. The number of rotatable bonds is 7. The Morgan fingerprint density at radius 1 is 1.24 bits per heavy atom. The van der Waals surface area contributed by atoms with Gasteiger partial charge in [-0.2, -0.15) is 0 Å². The maximum absolute atomic E-state index is 10.7. The first-order valence-corrected chi connectivity index (χ1v) is 9.37. The lowest BCUT2D eigenvalue weighted by molar-refractivity contribution is 0.0378. The van der Waals surface area contributed by atoms with E-state index < -0.39 is 5.60 Å². The van der Waals surface area contributed by atoms with E-state index in [2.05, 4.69) is 20.6 Å². The molecule has 0 aliphatic rings. The lowest BCUT2D eigenvalue weighted by atomic mass is 10.0. The summed E-state index contributed by atoms with van der Waals surface area (Å²) in [5.74, 6) is 1.93.